The van der Waals surface area contributed by atoms with E-state index in [1.165, 1.54) is 6.07 Å². The van der Waals surface area contributed by atoms with Crippen molar-refractivity contribution in [3.8, 4) is 0 Å². The fourth-order valence-electron chi connectivity index (χ4n) is 0.806. The van der Waals surface area contributed by atoms with E-state index in [4.69, 9.17) is 5.11 Å². The van der Waals surface area contributed by atoms with E-state index in [2.05, 4.69) is 15.9 Å². The Morgan fingerprint density at radius 1 is 1.77 bits per heavy atom. The molecular formula is C6H4BrNO4S. The summed E-state index contributed by atoms with van der Waals surface area (Å²) < 4.78 is 0.565. The second-order valence-corrected chi connectivity index (χ2v) is 4.70. The van der Waals surface area contributed by atoms with E-state index in [9.17, 15) is 14.9 Å². The quantitative estimate of drug-likeness (QED) is 0.670. The number of rotatable bonds is 3. The molecule has 0 radical (unpaired) electrons. The molecule has 0 unspecified atom stereocenters. The van der Waals surface area contributed by atoms with Gasteiger partial charge in [0.05, 0.1) is 20.0 Å². The van der Waals surface area contributed by atoms with Gasteiger partial charge in [0, 0.05) is 6.07 Å². The maximum Gasteiger partial charge on any atom is 0.308 e. The van der Waals surface area contributed by atoms with Crippen LogP contribution in [0.4, 0.5) is 5.69 Å². The summed E-state index contributed by atoms with van der Waals surface area (Å²) in [6.45, 7) is 0. The van der Waals surface area contributed by atoms with Gasteiger partial charge in [0.1, 0.15) is 0 Å². The molecule has 1 N–H and O–H groups in total. The van der Waals surface area contributed by atoms with Crippen molar-refractivity contribution in [1.82, 2.24) is 0 Å². The fourth-order valence-corrected chi connectivity index (χ4v) is 2.45. The van der Waals surface area contributed by atoms with Gasteiger partial charge in [-0.2, -0.15) is 0 Å². The molecule has 0 saturated carbocycles. The van der Waals surface area contributed by atoms with Crippen molar-refractivity contribution < 1.29 is 14.8 Å². The van der Waals surface area contributed by atoms with Crippen LogP contribution in [0.1, 0.15) is 4.88 Å². The highest BCUT2D eigenvalue weighted by atomic mass is 79.9. The molecule has 1 aromatic heterocycles. The Morgan fingerprint density at radius 3 is 2.85 bits per heavy atom. The molecule has 0 aliphatic carbocycles. The second kappa shape index (κ2) is 3.84. The number of carboxylic acids is 1. The zero-order valence-corrected chi connectivity index (χ0v) is 8.59. The first-order valence-corrected chi connectivity index (χ1v) is 4.76. The van der Waals surface area contributed by atoms with Gasteiger partial charge in [-0.25, -0.2) is 0 Å². The van der Waals surface area contributed by atoms with Gasteiger partial charge >= 0.3 is 5.97 Å². The van der Waals surface area contributed by atoms with E-state index >= 15 is 0 Å². The van der Waals surface area contributed by atoms with Crippen LogP contribution in [0.25, 0.3) is 0 Å². The topological polar surface area (TPSA) is 80.4 Å². The van der Waals surface area contributed by atoms with E-state index < -0.39 is 10.9 Å². The van der Waals surface area contributed by atoms with Crippen LogP contribution in [0.5, 0.6) is 0 Å². The summed E-state index contributed by atoms with van der Waals surface area (Å²) in [6.07, 6.45) is -0.313. The number of hydrogen-bond acceptors (Lipinski definition) is 4. The predicted molar refractivity (Wildman–Crippen MR) is 50.0 cm³/mol. The molecule has 0 amide bonds. The lowest BCUT2D eigenvalue weighted by molar-refractivity contribution is -0.385. The molecule has 1 heterocycles. The van der Waals surface area contributed by atoms with Gasteiger partial charge in [0.25, 0.3) is 5.69 Å². The lowest BCUT2D eigenvalue weighted by atomic mass is 10.3. The largest absolute Gasteiger partial charge is 0.481 e. The smallest absolute Gasteiger partial charge is 0.308 e. The van der Waals surface area contributed by atoms with Crippen LogP contribution in [0.3, 0.4) is 0 Å². The SMILES string of the molecule is O=C(O)Cc1sc(Br)cc1[N+](=O)[O-]. The molecular weight excluding hydrogens is 262 g/mol. The van der Waals surface area contributed by atoms with Gasteiger partial charge in [-0.05, 0) is 15.9 Å². The molecule has 0 aliphatic rings. The summed E-state index contributed by atoms with van der Waals surface area (Å²) in [4.78, 5) is 20.4. The fraction of sp³-hybridized carbons (Fsp3) is 0.167. The van der Waals surface area contributed by atoms with Gasteiger partial charge < -0.3 is 5.11 Å². The maximum atomic E-state index is 10.4. The monoisotopic (exact) mass is 265 g/mol. The van der Waals surface area contributed by atoms with Crippen molar-refractivity contribution in [2.24, 2.45) is 0 Å². The highest BCUT2D eigenvalue weighted by molar-refractivity contribution is 9.11. The van der Waals surface area contributed by atoms with E-state index in [0.29, 0.717) is 3.79 Å². The summed E-state index contributed by atoms with van der Waals surface area (Å²) in [5.74, 6) is -1.07. The van der Waals surface area contributed by atoms with Crippen molar-refractivity contribution >= 4 is 38.9 Å². The molecule has 0 aromatic carbocycles. The van der Waals surface area contributed by atoms with E-state index in [1.54, 1.807) is 0 Å². The third-order valence-electron chi connectivity index (χ3n) is 1.27. The minimum absolute atomic E-state index is 0.140. The van der Waals surface area contributed by atoms with E-state index in [0.717, 1.165) is 11.3 Å². The van der Waals surface area contributed by atoms with Crippen LogP contribution >= 0.6 is 27.3 Å². The number of halogens is 1. The number of nitro groups is 1. The Labute approximate surface area is 85.3 Å². The highest BCUT2D eigenvalue weighted by Crippen LogP contribution is 2.32. The average molecular weight is 266 g/mol. The molecule has 0 atom stereocenters. The molecule has 70 valence electrons. The minimum Gasteiger partial charge on any atom is -0.481 e. The van der Waals surface area contributed by atoms with Crippen molar-refractivity contribution in [3.05, 3.63) is 24.8 Å². The summed E-state index contributed by atoms with van der Waals surface area (Å²) >= 11 is 4.13. The van der Waals surface area contributed by atoms with Gasteiger partial charge in [0.15, 0.2) is 0 Å². The Bertz CT molecular complexity index is 362. The highest BCUT2D eigenvalue weighted by Gasteiger charge is 2.19. The Morgan fingerprint density at radius 2 is 2.38 bits per heavy atom. The molecule has 7 heteroatoms. The van der Waals surface area contributed by atoms with Crippen LogP contribution < -0.4 is 0 Å². The molecule has 0 spiro atoms. The van der Waals surface area contributed by atoms with Gasteiger partial charge in [0.2, 0.25) is 0 Å². The first-order valence-electron chi connectivity index (χ1n) is 3.15. The number of hydrogen-bond donors (Lipinski definition) is 1. The number of nitrogens with zero attached hydrogens (tertiary/aromatic N) is 1. The van der Waals surface area contributed by atoms with Gasteiger partial charge in [-0.1, -0.05) is 0 Å². The lowest BCUT2D eigenvalue weighted by Gasteiger charge is -1.90. The number of carbonyl (C=O) groups is 1. The van der Waals surface area contributed by atoms with Crippen molar-refractivity contribution in [3.63, 3.8) is 0 Å². The first kappa shape index (κ1) is 10.1. The molecule has 0 aliphatic heterocycles. The van der Waals surface area contributed by atoms with Crippen LogP contribution in [0.15, 0.2) is 9.85 Å². The van der Waals surface area contributed by atoms with Gasteiger partial charge in [-0.15, -0.1) is 11.3 Å². The molecule has 1 rings (SSSR count). The molecule has 0 saturated heterocycles. The third kappa shape index (κ3) is 2.49. The Hall–Kier alpha value is -0.950. The third-order valence-corrected chi connectivity index (χ3v) is 2.89. The summed E-state index contributed by atoms with van der Waals surface area (Å²) in [5, 5.41) is 18.9. The molecule has 0 bridgehead atoms. The average Bonchev–Trinajstić information content (AvgIpc) is 2.29. The molecule has 5 nitrogen and oxygen atoms in total. The Balaban J connectivity index is 3.04. The van der Waals surface area contributed by atoms with Crippen molar-refractivity contribution in [2.75, 3.05) is 0 Å². The zero-order valence-electron chi connectivity index (χ0n) is 6.19. The van der Waals surface area contributed by atoms with Crippen LogP contribution in [-0.4, -0.2) is 16.0 Å². The van der Waals surface area contributed by atoms with Crippen LogP contribution in [0, 0.1) is 10.1 Å². The van der Waals surface area contributed by atoms with E-state index in [1.807, 2.05) is 0 Å². The summed E-state index contributed by atoms with van der Waals surface area (Å²) in [6, 6.07) is 1.31. The van der Waals surface area contributed by atoms with Crippen LogP contribution in [-0.2, 0) is 11.2 Å². The second-order valence-electron chi connectivity index (χ2n) is 2.19. The van der Waals surface area contributed by atoms with Gasteiger partial charge in [-0.3, -0.25) is 14.9 Å². The Kier molecular flexibility index (Phi) is 2.99. The summed E-state index contributed by atoms with van der Waals surface area (Å²) in [5.41, 5.74) is -0.140. The number of aliphatic carboxylic acids is 1. The van der Waals surface area contributed by atoms with Crippen molar-refractivity contribution in [2.45, 2.75) is 6.42 Å². The predicted octanol–water partition coefficient (Wildman–Crippen LogP) is 2.05. The zero-order chi connectivity index (χ0) is 10.0. The van der Waals surface area contributed by atoms with Crippen LogP contribution in [0.2, 0.25) is 0 Å². The molecule has 13 heavy (non-hydrogen) atoms. The molecule has 1 aromatic rings. The molecule has 0 fully saturated rings. The normalized spacial score (nSPS) is 9.92. The van der Waals surface area contributed by atoms with E-state index in [-0.39, 0.29) is 17.0 Å². The number of thiophene rings is 1. The minimum atomic E-state index is -1.07. The number of carboxylic acid groups (broad SMARTS) is 1. The van der Waals surface area contributed by atoms with Crippen molar-refractivity contribution in [1.29, 1.82) is 0 Å². The lowest BCUT2D eigenvalue weighted by Crippen LogP contribution is -2.00. The maximum absolute atomic E-state index is 10.4. The first-order chi connectivity index (χ1) is 6.00. The standard InChI is InChI=1S/C6H4BrNO4S/c7-5-1-3(8(11)12)4(13-5)2-6(9)10/h1H,2H2,(H,9,10). The summed E-state index contributed by atoms with van der Waals surface area (Å²) in [7, 11) is 0.